The first-order valence-electron chi connectivity index (χ1n) is 17.8. The van der Waals surface area contributed by atoms with Crippen molar-refractivity contribution in [2.75, 3.05) is 0 Å². The van der Waals surface area contributed by atoms with Crippen molar-refractivity contribution in [1.29, 1.82) is 0 Å². The van der Waals surface area contributed by atoms with E-state index in [2.05, 4.69) is 41.5 Å². The Kier molecular flexibility index (Phi) is 23.1. The van der Waals surface area contributed by atoms with Crippen molar-refractivity contribution in [2.24, 2.45) is 0 Å². The fourth-order valence-corrected chi connectivity index (χ4v) is 19.1. The van der Waals surface area contributed by atoms with Gasteiger partial charge < -0.3 is 10.2 Å². The molecular weight excluding hydrogens is 665 g/mol. The van der Waals surface area contributed by atoms with E-state index in [1.54, 1.807) is 51.4 Å². The van der Waals surface area contributed by atoms with E-state index in [-0.39, 0.29) is 36.3 Å². The van der Waals surface area contributed by atoms with Crippen molar-refractivity contribution in [3.63, 3.8) is 0 Å². The molecule has 4 saturated carbocycles. The Morgan fingerprint density at radius 1 is 0.442 bits per heavy atom. The molecule has 0 aromatic rings. The molecular formula is C36H72O4P2Pd+2. The van der Waals surface area contributed by atoms with E-state index in [0.717, 1.165) is 36.5 Å². The average molecular weight is 737 g/mol. The zero-order chi connectivity index (χ0) is 31.8. The van der Waals surface area contributed by atoms with Crippen LogP contribution in [0.15, 0.2) is 0 Å². The number of hydrogen-bond donors (Lipinski definition) is 2. The molecule has 0 aliphatic heterocycles. The van der Waals surface area contributed by atoms with E-state index in [4.69, 9.17) is 19.8 Å². The van der Waals surface area contributed by atoms with E-state index in [1.165, 1.54) is 77.0 Å². The van der Waals surface area contributed by atoms with Crippen LogP contribution in [0, 0.1) is 0 Å². The van der Waals surface area contributed by atoms with Crippen molar-refractivity contribution in [1.82, 2.24) is 0 Å². The molecule has 4 aliphatic rings. The first kappa shape index (κ1) is 43.5. The maximum atomic E-state index is 9.00. The summed E-state index contributed by atoms with van der Waals surface area (Å²) >= 11 is 0. The Hall–Kier alpha value is 0.462. The predicted octanol–water partition coefficient (Wildman–Crippen LogP) is 11.5. The molecule has 0 radical (unpaired) electrons. The number of hydrogen-bond acceptors (Lipinski definition) is 2. The Balaban J connectivity index is 0.000000646. The summed E-state index contributed by atoms with van der Waals surface area (Å²) in [7, 11) is -0.323. The molecule has 0 bridgehead atoms. The van der Waals surface area contributed by atoms with Crippen molar-refractivity contribution in [3.05, 3.63) is 0 Å². The number of rotatable bonds is 4. The van der Waals surface area contributed by atoms with E-state index < -0.39 is 11.9 Å². The Morgan fingerprint density at radius 2 is 0.581 bits per heavy atom. The van der Waals surface area contributed by atoms with Crippen molar-refractivity contribution in [2.45, 2.75) is 217 Å². The zero-order valence-corrected chi connectivity index (χ0v) is 33.0. The molecule has 0 heterocycles. The summed E-state index contributed by atoms with van der Waals surface area (Å²) in [5.41, 5.74) is 4.60. The van der Waals surface area contributed by atoms with E-state index in [0.29, 0.717) is 10.3 Å². The number of carboxylic acid groups (broad SMARTS) is 2. The third-order valence-corrected chi connectivity index (χ3v) is 19.2. The Morgan fingerprint density at radius 3 is 0.698 bits per heavy atom. The van der Waals surface area contributed by atoms with Gasteiger partial charge in [-0.3, -0.25) is 9.59 Å². The van der Waals surface area contributed by atoms with E-state index in [9.17, 15) is 0 Å². The molecule has 0 amide bonds. The molecule has 0 aromatic heterocycles. The van der Waals surface area contributed by atoms with Gasteiger partial charge in [0.2, 0.25) is 0 Å². The minimum absolute atomic E-state index is 0. The second-order valence-corrected chi connectivity index (χ2v) is 23.9. The summed E-state index contributed by atoms with van der Waals surface area (Å²) < 4.78 is 0. The van der Waals surface area contributed by atoms with E-state index in [1.807, 2.05) is 0 Å². The van der Waals surface area contributed by atoms with Gasteiger partial charge in [-0.2, -0.15) is 0 Å². The largest absolute Gasteiger partial charge is 0.481 e. The van der Waals surface area contributed by atoms with Gasteiger partial charge in [0.1, 0.15) is 0 Å². The first-order valence-corrected chi connectivity index (χ1v) is 21.1. The van der Waals surface area contributed by atoms with Crippen LogP contribution in [0.1, 0.15) is 184 Å². The monoisotopic (exact) mass is 736 g/mol. The van der Waals surface area contributed by atoms with Crippen molar-refractivity contribution in [3.8, 4) is 0 Å². The van der Waals surface area contributed by atoms with Crippen LogP contribution in [0.25, 0.3) is 0 Å². The normalized spacial score (nSPS) is 21.3. The van der Waals surface area contributed by atoms with Crippen LogP contribution >= 0.6 is 15.8 Å². The molecule has 4 aliphatic carbocycles. The van der Waals surface area contributed by atoms with Gasteiger partial charge in [-0.1, -0.05) is 25.7 Å². The standard InChI is InChI=1S/2C16H31P.2C2H4O2.Pd/c2*1-16(2,3)17(14-10-6-4-7-11-14)15-12-8-5-9-13-15;2*1-2(3)4;/h2*14-15H,4-13H2,1-3H3;2*1H3,(H,3,4);/p+2. The summed E-state index contributed by atoms with van der Waals surface area (Å²) in [6.45, 7) is 17.4. The second-order valence-electron chi connectivity index (χ2n) is 15.8. The van der Waals surface area contributed by atoms with Gasteiger partial charge in [0, 0.05) is 50.1 Å². The molecule has 43 heavy (non-hydrogen) atoms. The van der Waals surface area contributed by atoms with Crippen molar-refractivity contribution >= 4 is 27.8 Å². The van der Waals surface area contributed by atoms with Crippen LogP contribution in [0.2, 0.25) is 0 Å². The van der Waals surface area contributed by atoms with Crippen LogP contribution in [-0.2, 0) is 30.0 Å². The SMILES string of the molecule is CC(=O)O.CC(=O)O.CC(C)(C)[PH+](C1CCCCC1)C1CCCCC1.CC(C)(C)[PH+](C1CCCCC1)C1CCCCC1.[Pd]. The first-order chi connectivity index (χ1) is 19.6. The quantitative estimate of drug-likeness (QED) is 0.223. The summed E-state index contributed by atoms with van der Waals surface area (Å²) in [4.78, 5) is 18.0. The molecule has 4 rings (SSSR count). The molecule has 258 valence electrons. The second kappa shape index (κ2) is 22.9. The molecule has 2 N–H and O–H groups in total. The summed E-state index contributed by atoms with van der Waals surface area (Å²) in [6, 6.07) is 0. The Labute approximate surface area is 283 Å². The fraction of sp³-hybridized carbons (Fsp3) is 0.944. The summed E-state index contributed by atoms with van der Waals surface area (Å²) in [5.74, 6) is -1.67. The average Bonchev–Trinajstić information content (AvgIpc) is 2.90. The van der Waals surface area contributed by atoms with Crippen LogP contribution in [-0.4, -0.2) is 55.1 Å². The molecule has 4 fully saturated rings. The van der Waals surface area contributed by atoms with Crippen LogP contribution in [0.3, 0.4) is 0 Å². The molecule has 0 unspecified atom stereocenters. The molecule has 0 aromatic carbocycles. The minimum Gasteiger partial charge on any atom is -0.481 e. The number of carboxylic acids is 2. The number of aliphatic carboxylic acids is 2. The summed E-state index contributed by atoms with van der Waals surface area (Å²) in [5, 5.41) is 16.1. The molecule has 0 spiro atoms. The molecule has 0 atom stereocenters. The van der Waals surface area contributed by atoms with Gasteiger partial charge in [-0.25, -0.2) is 0 Å². The molecule has 4 nitrogen and oxygen atoms in total. The Bertz CT molecular complexity index is 619. The van der Waals surface area contributed by atoms with Crippen molar-refractivity contribution < 1.29 is 40.2 Å². The third kappa shape index (κ3) is 19.0. The maximum absolute atomic E-state index is 9.00. The smallest absolute Gasteiger partial charge is 0.300 e. The summed E-state index contributed by atoms with van der Waals surface area (Å²) in [6.07, 6.45) is 30.9. The van der Waals surface area contributed by atoms with Gasteiger partial charge in [-0.05, 0) is 144 Å². The number of carbonyl (C=O) groups is 2. The fourth-order valence-electron chi connectivity index (χ4n) is 8.77. The van der Waals surface area contributed by atoms with Crippen LogP contribution < -0.4 is 0 Å². The predicted molar refractivity (Wildman–Crippen MR) is 190 cm³/mol. The maximum Gasteiger partial charge on any atom is 0.300 e. The van der Waals surface area contributed by atoms with Crippen LogP contribution in [0.4, 0.5) is 0 Å². The van der Waals surface area contributed by atoms with Gasteiger partial charge in [0.05, 0.1) is 32.9 Å². The zero-order valence-electron chi connectivity index (χ0n) is 29.5. The molecule has 0 saturated heterocycles. The van der Waals surface area contributed by atoms with E-state index >= 15 is 0 Å². The molecule has 7 heteroatoms. The van der Waals surface area contributed by atoms with Gasteiger partial charge in [0.15, 0.2) is 0 Å². The minimum atomic E-state index is -0.833. The van der Waals surface area contributed by atoms with Gasteiger partial charge in [0.25, 0.3) is 11.9 Å². The topological polar surface area (TPSA) is 74.6 Å². The third-order valence-electron chi connectivity index (χ3n) is 9.91. The van der Waals surface area contributed by atoms with Gasteiger partial charge >= 0.3 is 0 Å². The van der Waals surface area contributed by atoms with Gasteiger partial charge in [-0.15, -0.1) is 0 Å². The van der Waals surface area contributed by atoms with Crippen LogP contribution in [0.5, 0.6) is 0 Å².